The summed E-state index contributed by atoms with van der Waals surface area (Å²) in [5.41, 5.74) is 15.0. The summed E-state index contributed by atoms with van der Waals surface area (Å²) in [6.45, 7) is 4.59. The van der Waals surface area contributed by atoms with E-state index >= 15 is 0 Å². The molecule has 3 heteroatoms. The van der Waals surface area contributed by atoms with E-state index in [9.17, 15) is 0 Å². The third-order valence-corrected chi connectivity index (χ3v) is 9.60. The van der Waals surface area contributed by atoms with Gasteiger partial charge in [-0.05, 0) is 0 Å². The van der Waals surface area contributed by atoms with Gasteiger partial charge in [0.05, 0.1) is 0 Å². The van der Waals surface area contributed by atoms with Crippen LogP contribution < -0.4 is 24.8 Å². The van der Waals surface area contributed by atoms with E-state index < -0.39 is 0 Å². The predicted molar refractivity (Wildman–Crippen MR) is 117 cm³/mol. The molecule has 0 radical (unpaired) electrons. The fourth-order valence-electron chi connectivity index (χ4n) is 5.41. The zero-order valence-corrected chi connectivity index (χ0v) is 20.6. The molecule has 0 heterocycles. The monoisotopic (exact) mass is 476 g/mol. The zero-order valence-electron chi connectivity index (χ0n) is 17.5. The maximum Gasteiger partial charge on any atom is -1.00 e. The molecule has 0 fully saturated rings. The molecular weight excluding hydrogens is 455 g/mol. The van der Waals surface area contributed by atoms with Crippen LogP contribution >= 0.6 is 0 Å². The minimum absolute atomic E-state index is 0. The second-order valence-corrected chi connectivity index (χ2v) is 10.6. The standard InChI is InChI=1S/2C14H11.2ClH.Ti/c2*1-10-5-4-8-13-12-7-3-2-6-11(12)9-14(10)13;;;/h2*2-9H,1H3;2*1H;/q;;;;+2/p-2. The van der Waals surface area contributed by atoms with E-state index in [4.69, 9.17) is 0 Å². The van der Waals surface area contributed by atoms with Gasteiger partial charge in [-0.15, -0.1) is 0 Å². The number of fused-ring (bicyclic) bond motifs is 6. The van der Waals surface area contributed by atoms with Crippen molar-refractivity contribution in [2.45, 2.75) is 22.3 Å². The molecule has 0 amide bonds. The first-order valence-electron chi connectivity index (χ1n) is 10.4. The maximum atomic E-state index is 2.38. The minimum atomic E-state index is -0.349. The zero-order chi connectivity index (χ0) is 19.5. The van der Waals surface area contributed by atoms with Crippen LogP contribution in [0.4, 0.5) is 0 Å². The van der Waals surface area contributed by atoms with Crippen molar-refractivity contribution in [1.82, 2.24) is 0 Å². The van der Waals surface area contributed by atoms with E-state index in [1.54, 1.807) is 22.3 Å². The largest absolute Gasteiger partial charge is 1.00 e. The van der Waals surface area contributed by atoms with Crippen LogP contribution in [0.3, 0.4) is 0 Å². The van der Waals surface area contributed by atoms with Crippen molar-refractivity contribution in [3.63, 3.8) is 0 Å². The van der Waals surface area contributed by atoms with Crippen LogP contribution in [0, 0.1) is 13.8 Å². The van der Waals surface area contributed by atoms with Gasteiger partial charge in [0.25, 0.3) is 0 Å². The van der Waals surface area contributed by atoms with Gasteiger partial charge in [0.2, 0.25) is 0 Å². The second-order valence-electron chi connectivity index (χ2n) is 8.28. The first kappa shape index (κ1) is 22.4. The molecule has 2 atom stereocenters. The summed E-state index contributed by atoms with van der Waals surface area (Å²) in [6, 6.07) is 31.9. The number of aryl methyl sites for hydroxylation is 2. The minimum Gasteiger partial charge on any atom is -1.00 e. The van der Waals surface area contributed by atoms with Gasteiger partial charge in [0.15, 0.2) is 0 Å². The third-order valence-electron chi connectivity index (χ3n) is 6.68. The SMILES string of the molecule is Cc1cccc2c1[CH]([Ti+2][CH]1c3ccccc3-c3cccc(C)c31)c1ccccc1-2.[Cl-].[Cl-]. The summed E-state index contributed by atoms with van der Waals surface area (Å²) in [6.07, 6.45) is 0. The maximum absolute atomic E-state index is 2.38. The molecule has 0 aromatic heterocycles. The van der Waals surface area contributed by atoms with Gasteiger partial charge in [-0.3, -0.25) is 0 Å². The summed E-state index contributed by atoms with van der Waals surface area (Å²) in [5, 5.41) is 0. The Labute approximate surface area is 205 Å². The number of hydrogen-bond donors (Lipinski definition) is 0. The van der Waals surface area contributed by atoms with Crippen LogP contribution in [0.25, 0.3) is 22.3 Å². The van der Waals surface area contributed by atoms with Crippen molar-refractivity contribution >= 4 is 0 Å². The third kappa shape index (κ3) is 3.33. The summed E-state index contributed by atoms with van der Waals surface area (Å²) in [5.74, 6) is 0. The second kappa shape index (κ2) is 8.60. The molecule has 2 aliphatic rings. The van der Waals surface area contributed by atoms with E-state index in [2.05, 4.69) is 98.8 Å². The first-order chi connectivity index (χ1) is 14.2. The van der Waals surface area contributed by atoms with E-state index in [1.165, 1.54) is 33.4 Å². The first-order valence-corrected chi connectivity index (χ1v) is 12.2. The van der Waals surface area contributed by atoms with Gasteiger partial charge in [0.1, 0.15) is 0 Å². The molecule has 152 valence electrons. The Hall–Kier alpha value is -1.83. The van der Waals surface area contributed by atoms with Gasteiger partial charge >= 0.3 is 182 Å². The van der Waals surface area contributed by atoms with Gasteiger partial charge in [-0.25, -0.2) is 0 Å². The van der Waals surface area contributed by atoms with Crippen molar-refractivity contribution in [1.29, 1.82) is 0 Å². The van der Waals surface area contributed by atoms with Gasteiger partial charge < -0.3 is 24.8 Å². The summed E-state index contributed by atoms with van der Waals surface area (Å²) in [7, 11) is 0. The van der Waals surface area contributed by atoms with E-state index in [1.807, 2.05) is 0 Å². The van der Waals surface area contributed by atoms with Crippen LogP contribution in [0.5, 0.6) is 0 Å². The van der Waals surface area contributed by atoms with Gasteiger partial charge in [-0.1, -0.05) is 0 Å². The van der Waals surface area contributed by atoms with Crippen molar-refractivity contribution in [3.05, 3.63) is 118 Å². The van der Waals surface area contributed by atoms with Crippen molar-refractivity contribution in [2.75, 3.05) is 0 Å². The molecule has 0 N–H and O–H groups in total. The van der Waals surface area contributed by atoms with Crippen LogP contribution in [0.1, 0.15) is 41.8 Å². The average Bonchev–Trinajstić information content (AvgIpc) is 3.24. The quantitative estimate of drug-likeness (QED) is 0.382. The molecule has 6 rings (SSSR count). The Kier molecular flexibility index (Phi) is 6.21. The summed E-state index contributed by atoms with van der Waals surface area (Å²) in [4.78, 5) is 0. The van der Waals surface area contributed by atoms with Gasteiger partial charge in [-0.2, -0.15) is 0 Å². The molecule has 2 aliphatic carbocycles. The van der Waals surface area contributed by atoms with Gasteiger partial charge in [0, 0.05) is 0 Å². The molecule has 4 aromatic carbocycles. The molecule has 2 unspecified atom stereocenters. The molecule has 0 nitrogen and oxygen atoms in total. The molecule has 0 bridgehead atoms. The topological polar surface area (TPSA) is 0 Å². The van der Waals surface area contributed by atoms with Crippen LogP contribution in [-0.2, 0) is 19.2 Å². The van der Waals surface area contributed by atoms with E-state index in [0.29, 0.717) is 8.45 Å². The fraction of sp³-hybridized carbons (Fsp3) is 0.143. The molecule has 0 spiro atoms. The Morgan fingerprint density at radius 1 is 0.484 bits per heavy atom. The van der Waals surface area contributed by atoms with Crippen LogP contribution in [0.15, 0.2) is 84.9 Å². The Bertz CT molecular complexity index is 1180. The molecule has 0 saturated carbocycles. The molecule has 4 aromatic rings. The molecule has 0 aliphatic heterocycles. The number of hydrogen-bond acceptors (Lipinski definition) is 0. The molecule has 31 heavy (non-hydrogen) atoms. The summed E-state index contributed by atoms with van der Waals surface area (Å²) < 4.78 is 1.15. The van der Waals surface area contributed by atoms with E-state index in [-0.39, 0.29) is 44.0 Å². The van der Waals surface area contributed by atoms with Crippen LogP contribution in [0.2, 0.25) is 0 Å². The Balaban J connectivity index is 0.00000116. The van der Waals surface area contributed by atoms with Crippen molar-refractivity contribution in [2.24, 2.45) is 0 Å². The Morgan fingerprint density at radius 3 is 1.32 bits per heavy atom. The number of halogens is 2. The smallest absolute Gasteiger partial charge is 1.00 e. The fourth-order valence-corrected chi connectivity index (χ4v) is 8.99. The van der Waals surface area contributed by atoms with Crippen LogP contribution in [-0.4, -0.2) is 0 Å². The normalized spacial score (nSPS) is 16.7. The molecule has 0 saturated heterocycles. The van der Waals surface area contributed by atoms with Crippen molar-refractivity contribution < 1.29 is 44.0 Å². The number of benzene rings is 4. The molecular formula is C28H22Cl2Ti. The Morgan fingerprint density at radius 2 is 0.871 bits per heavy atom. The van der Waals surface area contributed by atoms with E-state index in [0.717, 1.165) is 0 Å². The van der Waals surface area contributed by atoms with Crippen molar-refractivity contribution in [3.8, 4) is 22.3 Å². The predicted octanol–water partition coefficient (Wildman–Crippen LogP) is 1.23. The number of rotatable bonds is 2. The average molecular weight is 477 g/mol. The summed E-state index contributed by atoms with van der Waals surface area (Å²) >= 11 is -0.349.